The van der Waals surface area contributed by atoms with Gasteiger partial charge in [0, 0.05) is 26.3 Å². The van der Waals surface area contributed by atoms with E-state index in [1.807, 2.05) is 48.5 Å². The Morgan fingerprint density at radius 1 is 1.14 bits per heavy atom. The van der Waals surface area contributed by atoms with Crippen molar-refractivity contribution in [2.24, 2.45) is 0 Å². The molecule has 0 amide bonds. The van der Waals surface area contributed by atoms with Gasteiger partial charge in [-0.3, -0.25) is 0 Å². The maximum absolute atomic E-state index is 5.78. The van der Waals surface area contributed by atoms with Gasteiger partial charge in [-0.1, -0.05) is 36.4 Å². The van der Waals surface area contributed by atoms with Crippen molar-refractivity contribution in [1.29, 1.82) is 0 Å². The molecule has 1 atom stereocenters. The first-order chi connectivity index (χ1) is 10.3. The van der Waals surface area contributed by atoms with E-state index < -0.39 is 0 Å². The van der Waals surface area contributed by atoms with Crippen LogP contribution >= 0.6 is 0 Å². The van der Waals surface area contributed by atoms with Crippen LogP contribution in [-0.2, 0) is 11.3 Å². The van der Waals surface area contributed by atoms with Crippen LogP contribution < -0.4 is 9.64 Å². The lowest BCUT2D eigenvalue weighted by atomic mass is 10.2. The third-order valence-electron chi connectivity index (χ3n) is 3.74. The standard InChI is InChI=1S/C17H20N2O2/c1-20-15-10-11-19(12-15)16-8-5-9-17(18-16)21-13-14-6-3-2-4-7-14/h2-9,15H,10-13H2,1H3. The molecule has 0 spiro atoms. The maximum Gasteiger partial charge on any atom is 0.215 e. The van der Waals surface area contributed by atoms with Crippen molar-refractivity contribution in [1.82, 2.24) is 4.98 Å². The number of rotatable bonds is 5. The van der Waals surface area contributed by atoms with Crippen molar-refractivity contribution in [3.05, 3.63) is 54.1 Å². The summed E-state index contributed by atoms with van der Waals surface area (Å²) >= 11 is 0. The molecule has 21 heavy (non-hydrogen) atoms. The van der Waals surface area contributed by atoms with E-state index in [1.54, 1.807) is 7.11 Å². The molecule has 2 heterocycles. The number of anilines is 1. The second-order valence-electron chi connectivity index (χ2n) is 5.20. The second-order valence-corrected chi connectivity index (χ2v) is 5.20. The van der Waals surface area contributed by atoms with Gasteiger partial charge in [0.05, 0.1) is 6.10 Å². The van der Waals surface area contributed by atoms with E-state index in [1.165, 1.54) is 0 Å². The van der Waals surface area contributed by atoms with Crippen LogP contribution in [-0.4, -0.2) is 31.3 Å². The van der Waals surface area contributed by atoms with E-state index in [4.69, 9.17) is 9.47 Å². The summed E-state index contributed by atoms with van der Waals surface area (Å²) < 4.78 is 11.2. The van der Waals surface area contributed by atoms with Gasteiger partial charge in [0.15, 0.2) is 0 Å². The molecule has 0 radical (unpaired) electrons. The van der Waals surface area contributed by atoms with E-state index >= 15 is 0 Å². The zero-order valence-electron chi connectivity index (χ0n) is 12.2. The SMILES string of the molecule is COC1CCN(c2cccc(OCc3ccccc3)n2)C1. The van der Waals surface area contributed by atoms with Crippen LogP contribution in [0.3, 0.4) is 0 Å². The van der Waals surface area contributed by atoms with E-state index in [0.29, 0.717) is 18.6 Å². The zero-order chi connectivity index (χ0) is 14.5. The van der Waals surface area contributed by atoms with Crippen LogP contribution in [0, 0.1) is 0 Å². The zero-order valence-corrected chi connectivity index (χ0v) is 12.2. The summed E-state index contributed by atoms with van der Waals surface area (Å²) in [6.45, 7) is 2.41. The molecular formula is C17H20N2O2. The lowest BCUT2D eigenvalue weighted by Gasteiger charge is -2.17. The molecule has 4 nitrogen and oxygen atoms in total. The van der Waals surface area contributed by atoms with Crippen LogP contribution in [0.15, 0.2) is 48.5 Å². The summed E-state index contributed by atoms with van der Waals surface area (Å²) in [5, 5.41) is 0. The van der Waals surface area contributed by atoms with Crippen LogP contribution in [0.1, 0.15) is 12.0 Å². The fraction of sp³-hybridized carbons (Fsp3) is 0.353. The molecule has 2 aromatic rings. The van der Waals surface area contributed by atoms with E-state index in [2.05, 4.69) is 9.88 Å². The summed E-state index contributed by atoms with van der Waals surface area (Å²) in [6, 6.07) is 16.0. The Morgan fingerprint density at radius 3 is 2.76 bits per heavy atom. The Morgan fingerprint density at radius 2 is 2.00 bits per heavy atom. The molecule has 1 aromatic carbocycles. The van der Waals surface area contributed by atoms with Gasteiger partial charge in [0.25, 0.3) is 0 Å². The lowest BCUT2D eigenvalue weighted by molar-refractivity contribution is 0.121. The van der Waals surface area contributed by atoms with Gasteiger partial charge in [-0.15, -0.1) is 0 Å². The summed E-state index contributed by atoms with van der Waals surface area (Å²) in [5.41, 5.74) is 1.14. The van der Waals surface area contributed by atoms with Gasteiger partial charge in [0.2, 0.25) is 5.88 Å². The van der Waals surface area contributed by atoms with Crippen LogP contribution in [0.4, 0.5) is 5.82 Å². The van der Waals surface area contributed by atoms with Gasteiger partial charge in [0.1, 0.15) is 12.4 Å². The summed E-state index contributed by atoms with van der Waals surface area (Å²) in [7, 11) is 1.76. The fourth-order valence-corrected chi connectivity index (χ4v) is 2.52. The summed E-state index contributed by atoms with van der Waals surface area (Å²) in [4.78, 5) is 6.83. The van der Waals surface area contributed by atoms with Gasteiger partial charge >= 0.3 is 0 Å². The van der Waals surface area contributed by atoms with Crippen LogP contribution in [0.25, 0.3) is 0 Å². The number of hydrogen-bond acceptors (Lipinski definition) is 4. The molecule has 1 aliphatic heterocycles. The topological polar surface area (TPSA) is 34.6 Å². The second kappa shape index (κ2) is 6.59. The fourth-order valence-electron chi connectivity index (χ4n) is 2.52. The molecule has 0 bridgehead atoms. The number of benzene rings is 1. The number of nitrogens with zero attached hydrogens (tertiary/aromatic N) is 2. The van der Waals surface area contributed by atoms with Gasteiger partial charge in [-0.05, 0) is 18.1 Å². The minimum atomic E-state index is 0.306. The molecule has 1 saturated heterocycles. The number of ether oxygens (including phenoxy) is 2. The number of aromatic nitrogens is 1. The molecule has 0 saturated carbocycles. The Bertz CT molecular complexity index is 574. The average molecular weight is 284 g/mol. The highest BCUT2D eigenvalue weighted by Gasteiger charge is 2.23. The average Bonchev–Trinajstić information content (AvgIpc) is 3.03. The minimum absolute atomic E-state index is 0.306. The molecule has 0 aliphatic carbocycles. The molecule has 1 unspecified atom stereocenters. The highest BCUT2D eigenvalue weighted by molar-refractivity contribution is 5.42. The molecular weight excluding hydrogens is 264 g/mol. The van der Waals surface area contributed by atoms with Crippen LogP contribution in [0.2, 0.25) is 0 Å². The predicted molar refractivity (Wildman–Crippen MR) is 82.6 cm³/mol. The first-order valence-corrected chi connectivity index (χ1v) is 7.26. The Kier molecular flexibility index (Phi) is 4.36. The van der Waals surface area contributed by atoms with Gasteiger partial charge in [-0.25, -0.2) is 0 Å². The number of methoxy groups -OCH3 is 1. The third-order valence-corrected chi connectivity index (χ3v) is 3.74. The van der Waals surface area contributed by atoms with E-state index in [0.717, 1.165) is 30.9 Å². The molecule has 0 N–H and O–H groups in total. The maximum atomic E-state index is 5.78. The van der Waals surface area contributed by atoms with Crippen molar-refractivity contribution >= 4 is 5.82 Å². The Balaban J connectivity index is 1.63. The van der Waals surface area contributed by atoms with Gasteiger partial charge < -0.3 is 14.4 Å². The minimum Gasteiger partial charge on any atom is -0.473 e. The van der Waals surface area contributed by atoms with Crippen molar-refractivity contribution in [3.63, 3.8) is 0 Å². The van der Waals surface area contributed by atoms with E-state index in [-0.39, 0.29) is 0 Å². The quantitative estimate of drug-likeness (QED) is 0.845. The normalized spacial score (nSPS) is 18.0. The first-order valence-electron chi connectivity index (χ1n) is 7.26. The molecule has 3 rings (SSSR count). The number of hydrogen-bond donors (Lipinski definition) is 0. The van der Waals surface area contributed by atoms with Crippen molar-refractivity contribution in [2.75, 3.05) is 25.1 Å². The van der Waals surface area contributed by atoms with Gasteiger partial charge in [-0.2, -0.15) is 4.98 Å². The molecule has 1 aromatic heterocycles. The highest BCUT2D eigenvalue weighted by atomic mass is 16.5. The smallest absolute Gasteiger partial charge is 0.215 e. The largest absolute Gasteiger partial charge is 0.473 e. The van der Waals surface area contributed by atoms with Crippen molar-refractivity contribution < 1.29 is 9.47 Å². The highest BCUT2D eigenvalue weighted by Crippen LogP contribution is 2.22. The lowest BCUT2D eigenvalue weighted by Crippen LogP contribution is -2.23. The molecule has 4 heteroatoms. The molecule has 110 valence electrons. The number of pyridine rings is 1. The predicted octanol–water partition coefficient (Wildman–Crippen LogP) is 2.89. The monoisotopic (exact) mass is 284 g/mol. The molecule has 1 aliphatic rings. The van der Waals surface area contributed by atoms with Crippen molar-refractivity contribution in [2.45, 2.75) is 19.1 Å². The van der Waals surface area contributed by atoms with E-state index in [9.17, 15) is 0 Å². The Labute approximate surface area is 125 Å². The van der Waals surface area contributed by atoms with Crippen molar-refractivity contribution in [3.8, 4) is 5.88 Å². The van der Waals surface area contributed by atoms with Crippen LogP contribution in [0.5, 0.6) is 5.88 Å². The Hall–Kier alpha value is -2.07. The first kappa shape index (κ1) is 13.9. The third kappa shape index (κ3) is 3.52. The summed E-state index contributed by atoms with van der Waals surface area (Å²) in [5.74, 6) is 1.62. The summed E-state index contributed by atoms with van der Waals surface area (Å²) in [6.07, 6.45) is 1.36. The molecule has 1 fully saturated rings.